The second-order valence-corrected chi connectivity index (χ2v) is 6.40. The topological polar surface area (TPSA) is 80.4 Å². The molecule has 0 aliphatic carbocycles. The predicted octanol–water partition coefficient (Wildman–Crippen LogP) is 3.29. The smallest absolute Gasteiger partial charge is 0.407 e. The van der Waals surface area contributed by atoms with Crippen molar-refractivity contribution in [2.24, 2.45) is 0 Å². The first-order valence-electron chi connectivity index (χ1n) is 7.37. The Labute approximate surface area is 135 Å². The third-order valence-electron chi connectivity index (χ3n) is 3.25. The minimum Gasteiger partial charge on any atom is -0.465 e. The zero-order chi connectivity index (χ0) is 17.2. The van der Waals surface area contributed by atoms with E-state index in [0.29, 0.717) is 12.1 Å². The summed E-state index contributed by atoms with van der Waals surface area (Å²) >= 11 is 0. The van der Waals surface area contributed by atoms with Gasteiger partial charge in [0.05, 0.1) is 19.2 Å². The number of rotatable bonds is 3. The van der Waals surface area contributed by atoms with Crippen molar-refractivity contribution in [1.82, 2.24) is 10.3 Å². The molecule has 2 rings (SSSR count). The van der Waals surface area contributed by atoms with E-state index in [-0.39, 0.29) is 5.97 Å². The van der Waals surface area contributed by atoms with E-state index in [2.05, 4.69) is 10.3 Å². The molecule has 124 valence electrons. The molecule has 1 aromatic carbocycles. The summed E-state index contributed by atoms with van der Waals surface area (Å²) in [4.78, 5) is 26.6. The quantitative estimate of drug-likeness (QED) is 0.851. The van der Waals surface area contributed by atoms with E-state index in [1.54, 1.807) is 6.07 Å². The molecule has 0 radical (unpaired) electrons. The summed E-state index contributed by atoms with van der Waals surface area (Å²) in [5.41, 5.74) is 2.48. The summed E-state index contributed by atoms with van der Waals surface area (Å²) in [5.74, 6) is -0.368. The Morgan fingerprint density at radius 3 is 2.52 bits per heavy atom. The number of carbonyl (C=O) groups excluding carboxylic acids is 2. The van der Waals surface area contributed by atoms with Gasteiger partial charge in [-0.05, 0) is 51.5 Å². The van der Waals surface area contributed by atoms with Gasteiger partial charge in [0.2, 0.25) is 0 Å². The number of benzene rings is 1. The molecule has 23 heavy (non-hydrogen) atoms. The third-order valence-corrected chi connectivity index (χ3v) is 3.25. The number of amides is 1. The molecule has 1 amide bonds. The van der Waals surface area contributed by atoms with Gasteiger partial charge in [0.25, 0.3) is 0 Å². The van der Waals surface area contributed by atoms with Gasteiger partial charge in [0.1, 0.15) is 5.60 Å². The van der Waals surface area contributed by atoms with Crippen LogP contribution in [0, 0.1) is 6.92 Å². The Kier molecular flexibility index (Phi) is 4.63. The zero-order valence-corrected chi connectivity index (χ0v) is 14.1. The number of carbonyl (C=O) groups is 2. The number of fused-ring (bicyclic) bond motifs is 1. The fourth-order valence-corrected chi connectivity index (χ4v) is 2.26. The first-order chi connectivity index (χ1) is 10.7. The summed E-state index contributed by atoms with van der Waals surface area (Å²) in [6.07, 6.45) is -0.470. The van der Waals surface area contributed by atoms with Gasteiger partial charge in [-0.2, -0.15) is 0 Å². The van der Waals surface area contributed by atoms with Crippen molar-refractivity contribution < 1.29 is 19.1 Å². The summed E-state index contributed by atoms with van der Waals surface area (Å²) in [6, 6.07) is 5.60. The summed E-state index contributed by atoms with van der Waals surface area (Å²) in [7, 11) is 1.36. The molecule has 0 atom stereocenters. The minimum atomic E-state index is -0.531. The minimum absolute atomic E-state index is 0.316. The average Bonchev–Trinajstić information content (AvgIpc) is 2.83. The number of hydrogen-bond acceptors (Lipinski definition) is 4. The number of aromatic amines is 1. The van der Waals surface area contributed by atoms with Crippen LogP contribution in [0.3, 0.4) is 0 Å². The monoisotopic (exact) mass is 318 g/mol. The molecular formula is C17H22N2O4. The number of nitrogens with one attached hydrogen (secondary N) is 2. The Hall–Kier alpha value is -2.50. The van der Waals surface area contributed by atoms with E-state index < -0.39 is 11.7 Å². The molecule has 0 aliphatic heterocycles. The Morgan fingerprint density at radius 2 is 1.91 bits per heavy atom. The Morgan fingerprint density at radius 1 is 1.22 bits per heavy atom. The lowest BCUT2D eigenvalue weighted by atomic mass is 10.1. The van der Waals surface area contributed by atoms with Gasteiger partial charge < -0.3 is 19.8 Å². The van der Waals surface area contributed by atoms with E-state index in [1.165, 1.54) is 7.11 Å². The van der Waals surface area contributed by atoms with Crippen molar-refractivity contribution in [3.8, 4) is 0 Å². The van der Waals surface area contributed by atoms with Gasteiger partial charge in [0, 0.05) is 16.6 Å². The number of alkyl carbamates (subject to hydrolysis) is 1. The SMILES string of the molecule is COC(=O)c1cc2[nH]c(CNC(=O)OC(C)(C)C)cc2cc1C. The lowest BCUT2D eigenvalue weighted by Crippen LogP contribution is -2.32. The Balaban J connectivity index is 2.14. The molecule has 0 saturated heterocycles. The average molecular weight is 318 g/mol. The van der Waals surface area contributed by atoms with Gasteiger partial charge in [0.15, 0.2) is 0 Å². The number of H-pyrrole nitrogens is 1. The van der Waals surface area contributed by atoms with Crippen LogP contribution in [0.2, 0.25) is 0 Å². The van der Waals surface area contributed by atoms with Crippen molar-refractivity contribution in [2.45, 2.75) is 39.8 Å². The summed E-state index contributed by atoms with van der Waals surface area (Å²) in [6.45, 7) is 7.61. The van der Waals surface area contributed by atoms with Crippen LogP contribution >= 0.6 is 0 Å². The van der Waals surface area contributed by atoms with Crippen LogP contribution in [-0.4, -0.2) is 29.8 Å². The first-order valence-corrected chi connectivity index (χ1v) is 7.37. The van der Waals surface area contributed by atoms with E-state index >= 15 is 0 Å². The fourth-order valence-electron chi connectivity index (χ4n) is 2.26. The van der Waals surface area contributed by atoms with Gasteiger partial charge in [-0.3, -0.25) is 0 Å². The Bertz CT molecular complexity index is 741. The number of ether oxygens (including phenoxy) is 2. The van der Waals surface area contributed by atoms with Crippen LogP contribution in [0.5, 0.6) is 0 Å². The molecule has 0 saturated carbocycles. The van der Waals surface area contributed by atoms with Crippen molar-refractivity contribution in [3.05, 3.63) is 35.0 Å². The maximum absolute atomic E-state index is 11.7. The number of esters is 1. The second-order valence-electron chi connectivity index (χ2n) is 6.40. The number of hydrogen-bond donors (Lipinski definition) is 2. The van der Waals surface area contributed by atoms with Crippen LogP contribution in [-0.2, 0) is 16.0 Å². The van der Waals surface area contributed by atoms with Gasteiger partial charge in [-0.1, -0.05) is 0 Å². The first kappa shape index (κ1) is 16.9. The highest BCUT2D eigenvalue weighted by molar-refractivity contribution is 5.96. The normalized spacial score (nSPS) is 11.3. The highest BCUT2D eigenvalue weighted by Crippen LogP contribution is 2.21. The molecule has 2 aromatic rings. The van der Waals surface area contributed by atoms with Crippen LogP contribution in [0.4, 0.5) is 4.79 Å². The van der Waals surface area contributed by atoms with Crippen LogP contribution in [0.1, 0.15) is 42.4 Å². The molecule has 0 spiro atoms. The largest absolute Gasteiger partial charge is 0.465 e. The van der Waals surface area contributed by atoms with E-state index in [4.69, 9.17) is 9.47 Å². The second kappa shape index (κ2) is 6.32. The molecule has 1 aromatic heterocycles. The number of aromatic nitrogens is 1. The maximum atomic E-state index is 11.7. The molecule has 1 heterocycles. The third kappa shape index (κ3) is 4.25. The van der Waals surface area contributed by atoms with E-state index in [0.717, 1.165) is 22.2 Å². The van der Waals surface area contributed by atoms with Gasteiger partial charge in [-0.15, -0.1) is 0 Å². The maximum Gasteiger partial charge on any atom is 0.407 e. The molecule has 0 unspecified atom stereocenters. The molecule has 0 aliphatic rings. The van der Waals surface area contributed by atoms with Gasteiger partial charge >= 0.3 is 12.1 Å². The molecule has 0 bridgehead atoms. The van der Waals surface area contributed by atoms with Crippen LogP contribution < -0.4 is 5.32 Å². The predicted molar refractivity (Wildman–Crippen MR) is 87.4 cm³/mol. The van der Waals surface area contributed by atoms with Crippen molar-refractivity contribution in [2.75, 3.05) is 7.11 Å². The summed E-state index contributed by atoms with van der Waals surface area (Å²) in [5, 5.41) is 3.66. The summed E-state index contributed by atoms with van der Waals surface area (Å²) < 4.78 is 9.96. The molecule has 0 fully saturated rings. The highest BCUT2D eigenvalue weighted by Gasteiger charge is 2.16. The molecule has 2 N–H and O–H groups in total. The van der Waals surface area contributed by atoms with Gasteiger partial charge in [-0.25, -0.2) is 9.59 Å². The van der Waals surface area contributed by atoms with Crippen LogP contribution in [0.15, 0.2) is 18.2 Å². The zero-order valence-electron chi connectivity index (χ0n) is 14.1. The van der Waals surface area contributed by atoms with Crippen LogP contribution in [0.25, 0.3) is 10.9 Å². The lowest BCUT2D eigenvalue weighted by Gasteiger charge is -2.19. The number of aryl methyl sites for hydroxylation is 1. The molecular weight excluding hydrogens is 296 g/mol. The van der Waals surface area contributed by atoms with Crippen molar-refractivity contribution in [1.29, 1.82) is 0 Å². The highest BCUT2D eigenvalue weighted by atomic mass is 16.6. The molecule has 6 nitrogen and oxygen atoms in total. The van der Waals surface area contributed by atoms with Crippen molar-refractivity contribution >= 4 is 23.0 Å². The standard InChI is InChI=1S/C17H22N2O4/c1-10-6-11-7-12(9-18-16(21)23-17(2,3)4)19-14(11)8-13(10)15(20)22-5/h6-8,19H,9H2,1-5H3,(H,18,21). The van der Waals surface area contributed by atoms with E-state index in [9.17, 15) is 9.59 Å². The lowest BCUT2D eigenvalue weighted by molar-refractivity contribution is 0.0521. The molecule has 6 heteroatoms. The van der Waals surface area contributed by atoms with Crippen molar-refractivity contribution in [3.63, 3.8) is 0 Å². The van der Waals surface area contributed by atoms with E-state index in [1.807, 2.05) is 39.8 Å². The fraction of sp³-hybridized carbons (Fsp3) is 0.412. The number of methoxy groups -OCH3 is 1.